The molecule has 0 aliphatic carbocycles. The van der Waals surface area contributed by atoms with Crippen LogP contribution in [0.3, 0.4) is 0 Å². The van der Waals surface area contributed by atoms with Gasteiger partial charge in [-0.1, -0.05) is 22.8 Å². The minimum Gasteiger partial charge on any atom is -0.407 e. The van der Waals surface area contributed by atoms with Gasteiger partial charge in [-0.3, -0.25) is 14.9 Å². The van der Waals surface area contributed by atoms with Crippen molar-refractivity contribution in [2.24, 2.45) is 0 Å². The summed E-state index contributed by atoms with van der Waals surface area (Å²) in [5, 5.41) is 10.7. The van der Waals surface area contributed by atoms with Gasteiger partial charge in [0.1, 0.15) is 5.82 Å². The van der Waals surface area contributed by atoms with Crippen LogP contribution in [0.1, 0.15) is 28.6 Å². The summed E-state index contributed by atoms with van der Waals surface area (Å²) < 4.78 is 18.6. The number of nitrogens with zero attached hydrogens (tertiary/aromatic N) is 3. The summed E-state index contributed by atoms with van der Waals surface area (Å²) in [6.45, 7) is 0.328. The number of halogens is 2. The molecule has 4 rings (SSSR count). The van der Waals surface area contributed by atoms with Gasteiger partial charge in [-0.2, -0.15) is 0 Å². The molecule has 1 fully saturated rings. The zero-order chi connectivity index (χ0) is 19.7. The standard InChI is InChI=1S/C19H14ClFN4O3/c20-13-3-1-2-11(8-13)17(27)22-19-24-23-18(28-19)12-9-16(26)25(10-12)15-6-4-14(21)5-7-15/h1-8,12H,9-10H2,(H,22,24,27)/t12-/m0/s1. The minimum absolute atomic E-state index is 0.0624. The highest BCUT2D eigenvalue weighted by Gasteiger charge is 2.35. The van der Waals surface area contributed by atoms with Crippen molar-refractivity contribution in [2.45, 2.75) is 12.3 Å². The fourth-order valence-corrected chi connectivity index (χ4v) is 3.18. The van der Waals surface area contributed by atoms with Crippen LogP contribution >= 0.6 is 11.6 Å². The molecule has 0 spiro atoms. The number of rotatable bonds is 4. The van der Waals surface area contributed by atoms with E-state index in [0.29, 0.717) is 22.8 Å². The maximum atomic E-state index is 13.1. The van der Waals surface area contributed by atoms with E-state index in [9.17, 15) is 14.0 Å². The smallest absolute Gasteiger partial charge is 0.322 e. The third-order valence-electron chi connectivity index (χ3n) is 4.36. The van der Waals surface area contributed by atoms with Gasteiger partial charge in [0.25, 0.3) is 5.91 Å². The summed E-state index contributed by atoms with van der Waals surface area (Å²) in [6.07, 6.45) is 0.182. The Hall–Kier alpha value is -3.26. The van der Waals surface area contributed by atoms with Crippen LogP contribution in [0.15, 0.2) is 52.9 Å². The predicted octanol–water partition coefficient (Wildman–Crippen LogP) is 3.63. The molecule has 2 heterocycles. The van der Waals surface area contributed by atoms with Crippen LogP contribution in [0.25, 0.3) is 0 Å². The van der Waals surface area contributed by atoms with Crippen LogP contribution in [0.2, 0.25) is 5.02 Å². The van der Waals surface area contributed by atoms with Crippen molar-refractivity contribution in [3.05, 3.63) is 70.8 Å². The van der Waals surface area contributed by atoms with E-state index in [-0.39, 0.29) is 36.0 Å². The summed E-state index contributed by atoms with van der Waals surface area (Å²) >= 11 is 5.88. The summed E-state index contributed by atoms with van der Waals surface area (Å²) in [6, 6.07) is 12.1. The summed E-state index contributed by atoms with van der Waals surface area (Å²) in [7, 11) is 0. The molecular formula is C19H14ClFN4O3. The maximum Gasteiger partial charge on any atom is 0.322 e. The quantitative estimate of drug-likeness (QED) is 0.722. The highest BCUT2D eigenvalue weighted by atomic mass is 35.5. The predicted molar refractivity (Wildman–Crippen MR) is 99.8 cm³/mol. The van der Waals surface area contributed by atoms with E-state index in [1.807, 2.05) is 0 Å². The van der Waals surface area contributed by atoms with Crippen LogP contribution < -0.4 is 10.2 Å². The Kier molecular flexibility index (Phi) is 4.79. The molecule has 28 heavy (non-hydrogen) atoms. The third kappa shape index (κ3) is 3.72. The second-order valence-corrected chi connectivity index (χ2v) is 6.73. The molecule has 0 bridgehead atoms. The lowest BCUT2D eigenvalue weighted by atomic mass is 10.1. The number of hydrogen-bond acceptors (Lipinski definition) is 5. The summed E-state index contributed by atoms with van der Waals surface area (Å²) in [4.78, 5) is 26.1. The van der Waals surface area contributed by atoms with Gasteiger partial charge in [-0.05, 0) is 42.5 Å². The van der Waals surface area contributed by atoms with E-state index in [2.05, 4.69) is 15.5 Å². The average Bonchev–Trinajstić information content (AvgIpc) is 3.29. The second kappa shape index (κ2) is 7.40. The molecule has 0 radical (unpaired) electrons. The largest absolute Gasteiger partial charge is 0.407 e. The first-order valence-corrected chi connectivity index (χ1v) is 8.83. The average molecular weight is 401 g/mol. The first kappa shape index (κ1) is 18.1. The Balaban J connectivity index is 1.45. The third-order valence-corrected chi connectivity index (χ3v) is 4.60. The Morgan fingerprint density at radius 2 is 2.00 bits per heavy atom. The molecule has 0 unspecified atom stereocenters. The Labute approximate surface area is 164 Å². The van der Waals surface area contributed by atoms with Crippen molar-refractivity contribution in [2.75, 3.05) is 16.8 Å². The number of nitrogens with one attached hydrogen (secondary N) is 1. The highest BCUT2D eigenvalue weighted by Crippen LogP contribution is 2.31. The Morgan fingerprint density at radius 1 is 1.21 bits per heavy atom. The van der Waals surface area contributed by atoms with E-state index < -0.39 is 5.91 Å². The number of carbonyl (C=O) groups is 2. The van der Waals surface area contributed by atoms with E-state index >= 15 is 0 Å². The zero-order valence-corrected chi connectivity index (χ0v) is 15.2. The first-order valence-electron chi connectivity index (χ1n) is 8.46. The number of carbonyl (C=O) groups excluding carboxylic acids is 2. The monoisotopic (exact) mass is 400 g/mol. The lowest BCUT2D eigenvalue weighted by Crippen LogP contribution is -2.24. The Bertz CT molecular complexity index is 1040. The number of benzene rings is 2. The van der Waals surface area contributed by atoms with Crippen LogP contribution in [-0.4, -0.2) is 28.6 Å². The first-order chi connectivity index (χ1) is 13.5. The molecule has 1 atom stereocenters. The van der Waals surface area contributed by atoms with Gasteiger partial charge >= 0.3 is 6.01 Å². The number of anilines is 2. The van der Waals surface area contributed by atoms with Crippen LogP contribution in [0.5, 0.6) is 0 Å². The van der Waals surface area contributed by atoms with Gasteiger partial charge in [0, 0.05) is 29.2 Å². The maximum absolute atomic E-state index is 13.1. The fraction of sp³-hybridized carbons (Fsp3) is 0.158. The molecule has 9 heteroatoms. The Morgan fingerprint density at radius 3 is 2.75 bits per heavy atom. The van der Waals surface area contributed by atoms with Gasteiger partial charge < -0.3 is 9.32 Å². The van der Waals surface area contributed by atoms with Crippen molar-refractivity contribution < 1.29 is 18.4 Å². The van der Waals surface area contributed by atoms with Crippen LogP contribution in [0.4, 0.5) is 16.1 Å². The SMILES string of the molecule is O=C(Nc1nnc([C@H]2CC(=O)N(c3ccc(F)cc3)C2)o1)c1cccc(Cl)c1. The lowest BCUT2D eigenvalue weighted by Gasteiger charge is -2.15. The zero-order valence-electron chi connectivity index (χ0n) is 14.4. The molecule has 2 aromatic carbocycles. The molecule has 3 aromatic rings. The molecular weight excluding hydrogens is 387 g/mol. The van der Waals surface area contributed by atoms with Crippen molar-refractivity contribution in [1.82, 2.24) is 10.2 Å². The summed E-state index contributed by atoms with van der Waals surface area (Å²) in [5.74, 6) is -1.00. The summed E-state index contributed by atoms with van der Waals surface area (Å²) in [5.41, 5.74) is 0.952. The van der Waals surface area contributed by atoms with Gasteiger partial charge in [0.15, 0.2) is 0 Å². The number of hydrogen-bond donors (Lipinski definition) is 1. The van der Waals surface area contributed by atoms with Gasteiger partial charge in [0.2, 0.25) is 11.8 Å². The molecule has 0 saturated carbocycles. The van der Waals surface area contributed by atoms with Crippen LogP contribution in [0, 0.1) is 5.82 Å². The van der Waals surface area contributed by atoms with E-state index in [1.165, 1.54) is 18.2 Å². The highest BCUT2D eigenvalue weighted by molar-refractivity contribution is 6.31. The molecule has 1 saturated heterocycles. The normalized spacial score (nSPS) is 16.4. The van der Waals surface area contributed by atoms with E-state index in [4.69, 9.17) is 16.0 Å². The minimum atomic E-state index is -0.437. The molecule has 1 aliphatic heterocycles. The van der Waals surface area contributed by atoms with Gasteiger partial charge in [-0.15, -0.1) is 5.10 Å². The van der Waals surface area contributed by atoms with Crippen molar-refractivity contribution in [3.8, 4) is 0 Å². The van der Waals surface area contributed by atoms with Crippen molar-refractivity contribution in [1.29, 1.82) is 0 Å². The number of amides is 2. The van der Waals surface area contributed by atoms with Crippen molar-refractivity contribution >= 4 is 35.1 Å². The molecule has 2 amide bonds. The second-order valence-electron chi connectivity index (χ2n) is 6.29. The molecule has 142 valence electrons. The molecule has 1 aromatic heterocycles. The van der Waals surface area contributed by atoms with Crippen molar-refractivity contribution in [3.63, 3.8) is 0 Å². The van der Waals surface area contributed by atoms with E-state index in [0.717, 1.165) is 0 Å². The fourth-order valence-electron chi connectivity index (χ4n) is 2.99. The molecule has 1 N–H and O–H groups in total. The lowest BCUT2D eigenvalue weighted by molar-refractivity contribution is -0.117. The van der Waals surface area contributed by atoms with Gasteiger partial charge in [-0.25, -0.2) is 4.39 Å². The topological polar surface area (TPSA) is 88.3 Å². The van der Waals surface area contributed by atoms with Gasteiger partial charge in [0.05, 0.1) is 5.92 Å². The molecule has 1 aliphatic rings. The van der Waals surface area contributed by atoms with Crippen LogP contribution in [-0.2, 0) is 4.79 Å². The number of aromatic nitrogens is 2. The molecule has 7 nitrogen and oxygen atoms in total. The van der Waals surface area contributed by atoms with E-state index in [1.54, 1.807) is 35.2 Å².